The van der Waals surface area contributed by atoms with Crippen molar-refractivity contribution >= 4 is 40.6 Å². The number of aromatic amines is 1. The van der Waals surface area contributed by atoms with Crippen LogP contribution in [-0.2, 0) is 11.2 Å². The van der Waals surface area contributed by atoms with Crippen molar-refractivity contribution < 1.29 is 19.1 Å². The number of carbonyl (C=O) groups excluding carboxylic acids is 2. The summed E-state index contributed by atoms with van der Waals surface area (Å²) < 4.78 is 11.5. The molecule has 0 bridgehead atoms. The fourth-order valence-corrected chi connectivity index (χ4v) is 4.87. The van der Waals surface area contributed by atoms with Crippen LogP contribution in [-0.4, -0.2) is 43.3 Å². The SMILES string of the molecule is CCCc1cc[nH]c(=O)c1-c1ccc(N2C[C@H](CNC(=O)c3ccc(Cl)s3)OC2=O)cc1OC. The zero-order valence-electron chi connectivity index (χ0n) is 18.7. The summed E-state index contributed by atoms with van der Waals surface area (Å²) in [5.74, 6) is 0.207. The van der Waals surface area contributed by atoms with Gasteiger partial charge in [-0.25, -0.2) is 4.79 Å². The Balaban J connectivity index is 1.51. The molecule has 8 nitrogen and oxygen atoms in total. The number of hydrogen-bond acceptors (Lipinski definition) is 6. The number of H-pyrrole nitrogens is 1. The monoisotopic (exact) mass is 501 g/mol. The second kappa shape index (κ2) is 10.3. The molecule has 0 spiro atoms. The van der Waals surface area contributed by atoms with Gasteiger partial charge in [0.15, 0.2) is 0 Å². The molecule has 0 aliphatic carbocycles. The Morgan fingerprint density at radius 2 is 2.12 bits per heavy atom. The van der Waals surface area contributed by atoms with Gasteiger partial charge in [-0.1, -0.05) is 24.9 Å². The second-order valence-corrected chi connectivity index (χ2v) is 9.49. The molecule has 178 valence electrons. The third-order valence-corrected chi connectivity index (χ3v) is 6.72. The van der Waals surface area contributed by atoms with Crippen molar-refractivity contribution in [2.75, 3.05) is 25.1 Å². The van der Waals surface area contributed by atoms with Crippen molar-refractivity contribution in [1.29, 1.82) is 0 Å². The molecule has 2 amide bonds. The predicted molar refractivity (Wildman–Crippen MR) is 132 cm³/mol. The van der Waals surface area contributed by atoms with Gasteiger partial charge < -0.3 is 19.8 Å². The summed E-state index contributed by atoms with van der Waals surface area (Å²) in [7, 11) is 1.52. The van der Waals surface area contributed by atoms with Crippen LogP contribution in [0, 0.1) is 0 Å². The summed E-state index contributed by atoms with van der Waals surface area (Å²) in [6, 6.07) is 10.5. The summed E-state index contributed by atoms with van der Waals surface area (Å²) in [5.41, 5.74) is 2.53. The van der Waals surface area contributed by atoms with Gasteiger partial charge in [0.2, 0.25) is 0 Å². The molecular formula is C24H24ClN3O5S. The Morgan fingerprint density at radius 3 is 2.82 bits per heavy atom. The average molecular weight is 502 g/mol. The third-order valence-electron chi connectivity index (χ3n) is 5.49. The lowest BCUT2D eigenvalue weighted by Crippen LogP contribution is -2.34. The number of aromatic nitrogens is 1. The molecule has 2 aromatic heterocycles. The normalized spacial score (nSPS) is 15.3. The molecule has 4 rings (SSSR count). The van der Waals surface area contributed by atoms with E-state index in [1.54, 1.807) is 36.5 Å². The zero-order chi connectivity index (χ0) is 24.2. The summed E-state index contributed by atoms with van der Waals surface area (Å²) >= 11 is 7.06. The topological polar surface area (TPSA) is 101 Å². The van der Waals surface area contributed by atoms with Crippen molar-refractivity contribution in [2.45, 2.75) is 25.9 Å². The number of aryl methyl sites for hydroxylation is 1. The lowest BCUT2D eigenvalue weighted by molar-refractivity contribution is 0.0920. The van der Waals surface area contributed by atoms with Crippen LogP contribution in [0.25, 0.3) is 11.1 Å². The number of amides is 2. The molecule has 3 aromatic rings. The maximum atomic E-state index is 12.6. The maximum Gasteiger partial charge on any atom is 0.414 e. The zero-order valence-corrected chi connectivity index (χ0v) is 20.3. The molecule has 10 heteroatoms. The summed E-state index contributed by atoms with van der Waals surface area (Å²) in [6.45, 7) is 2.49. The molecule has 0 unspecified atom stereocenters. The Hall–Kier alpha value is -3.30. The first kappa shape index (κ1) is 23.8. The van der Waals surface area contributed by atoms with Crippen LogP contribution in [0.2, 0.25) is 4.34 Å². The Morgan fingerprint density at radius 1 is 1.29 bits per heavy atom. The van der Waals surface area contributed by atoms with E-state index in [4.69, 9.17) is 21.1 Å². The molecule has 34 heavy (non-hydrogen) atoms. The van der Waals surface area contributed by atoms with Crippen molar-refractivity contribution in [3.63, 3.8) is 0 Å². The molecule has 1 aliphatic heterocycles. The van der Waals surface area contributed by atoms with Gasteiger partial charge >= 0.3 is 6.09 Å². The minimum atomic E-state index is -0.516. The number of hydrogen-bond donors (Lipinski definition) is 2. The Kier molecular flexibility index (Phi) is 7.23. The van der Waals surface area contributed by atoms with Gasteiger partial charge in [0.25, 0.3) is 11.5 Å². The highest BCUT2D eigenvalue weighted by atomic mass is 35.5. The number of pyridine rings is 1. The van der Waals surface area contributed by atoms with E-state index < -0.39 is 12.2 Å². The van der Waals surface area contributed by atoms with E-state index in [1.165, 1.54) is 23.3 Å². The van der Waals surface area contributed by atoms with Crippen LogP contribution in [0.3, 0.4) is 0 Å². The predicted octanol–water partition coefficient (Wildman–Crippen LogP) is 4.47. The minimum absolute atomic E-state index is 0.172. The van der Waals surface area contributed by atoms with Gasteiger partial charge in [0.1, 0.15) is 11.9 Å². The van der Waals surface area contributed by atoms with Gasteiger partial charge in [0, 0.05) is 17.8 Å². The van der Waals surface area contributed by atoms with E-state index in [0.717, 1.165) is 18.4 Å². The van der Waals surface area contributed by atoms with Gasteiger partial charge in [-0.05, 0) is 42.3 Å². The first-order chi connectivity index (χ1) is 16.4. The average Bonchev–Trinajstić information content (AvgIpc) is 3.43. The van der Waals surface area contributed by atoms with Crippen molar-refractivity contribution in [3.8, 4) is 16.9 Å². The highest BCUT2D eigenvalue weighted by molar-refractivity contribution is 7.18. The lowest BCUT2D eigenvalue weighted by Gasteiger charge is -2.17. The van der Waals surface area contributed by atoms with Gasteiger partial charge in [-0.2, -0.15) is 0 Å². The largest absolute Gasteiger partial charge is 0.496 e. The number of methoxy groups -OCH3 is 1. The van der Waals surface area contributed by atoms with Crippen molar-refractivity contribution in [1.82, 2.24) is 10.3 Å². The summed E-state index contributed by atoms with van der Waals surface area (Å²) in [6.07, 6.45) is 2.27. The van der Waals surface area contributed by atoms with E-state index >= 15 is 0 Å². The Labute approximate surface area is 205 Å². The van der Waals surface area contributed by atoms with Crippen LogP contribution < -0.4 is 20.5 Å². The summed E-state index contributed by atoms with van der Waals surface area (Å²) in [5, 5.41) is 2.77. The van der Waals surface area contributed by atoms with Gasteiger partial charge in [-0.15, -0.1) is 11.3 Å². The first-order valence-electron chi connectivity index (χ1n) is 10.8. The standard InChI is InChI=1S/C24H24ClN3O5S/c1-3-4-14-9-10-26-23(30)21(14)17-6-5-15(11-18(17)32-2)28-13-16(33-24(28)31)12-27-22(29)19-7-8-20(25)34-19/h5-11,16H,3-4,12-13H2,1-2H3,(H,26,30)(H,27,29)/t16-/m0/s1. The molecule has 1 fully saturated rings. The molecule has 0 radical (unpaired) electrons. The number of anilines is 1. The van der Waals surface area contributed by atoms with Gasteiger partial charge in [0.05, 0.1) is 40.7 Å². The molecule has 0 saturated carbocycles. The van der Waals surface area contributed by atoms with E-state index in [9.17, 15) is 14.4 Å². The number of nitrogens with zero attached hydrogens (tertiary/aromatic N) is 1. The molecule has 1 saturated heterocycles. The molecule has 2 N–H and O–H groups in total. The van der Waals surface area contributed by atoms with Gasteiger partial charge in [-0.3, -0.25) is 14.5 Å². The number of rotatable bonds is 8. The maximum absolute atomic E-state index is 12.6. The molecular weight excluding hydrogens is 478 g/mol. The van der Waals surface area contributed by atoms with Crippen molar-refractivity contribution in [3.05, 3.63) is 67.7 Å². The fourth-order valence-electron chi connectivity index (χ4n) is 3.92. The Bertz CT molecular complexity index is 1270. The van der Waals surface area contributed by atoms with Crippen LogP contribution in [0.4, 0.5) is 10.5 Å². The van der Waals surface area contributed by atoms with Crippen LogP contribution >= 0.6 is 22.9 Å². The van der Waals surface area contributed by atoms with Crippen LogP contribution in [0.1, 0.15) is 28.6 Å². The number of cyclic esters (lactones) is 1. The molecule has 3 heterocycles. The number of nitrogens with one attached hydrogen (secondary N) is 2. The highest BCUT2D eigenvalue weighted by Gasteiger charge is 2.33. The van der Waals surface area contributed by atoms with E-state index in [2.05, 4.69) is 17.2 Å². The van der Waals surface area contributed by atoms with Crippen molar-refractivity contribution in [2.24, 2.45) is 0 Å². The fraction of sp³-hybridized carbons (Fsp3) is 0.292. The minimum Gasteiger partial charge on any atom is -0.496 e. The van der Waals surface area contributed by atoms with E-state index in [1.807, 2.05) is 6.07 Å². The molecule has 1 aromatic carbocycles. The second-order valence-electron chi connectivity index (χ2n) is 7.77. The number of benzene rings is 1. The number of ether oxygens (including phenoxy) is 2. The number of halogens is 1. The molecule has 1 aliphatic rings. The smallest absolute Gasteiger partial charge is 0.414 e. The van der Waals surface area contributed by atoms with E-state index in [0.29, 0.717) is 31.8 Å². The van der Waals surface area contributed by atoms with Crippen LogP contribution in [0.15, 0.2) is 47.4 Å². The lowest BCUT2D eigenvalue weighted by atomic mass is 9.97. The highest BCUT2D eigenvalue weighted by Crippen LogP contribution is 2.35. The summed E-state index contributed by atoms with van der Waals surface area (Å²) in [4.78, 5) is 42.1. The third kappa shape index (κ3) is 4.95. The van der Waals surface area contributed by atoms with E-state index in [-0.39, 0.29) is 24.6 Å². The number of thiophene rings is 1. The molecule has 1 atom stereocenters. The quantitative estimate of drug-likeness (QED) is 0.474. The first-order valence-corrected chi connectivity index (χ1v) is 12.0. The van der Waals surface area contributed by atoms with Crippen LogP contribution in [0.5, 0.6) is 5.75 Å². The number of carbonyl (C=O) groups is 2.